The normalized spacial score (nSPS) is 17.8. The summed E-state index contributed by atoms with van der Waals surface area (Å²) in [5.74, 6) is -1.41. The number of hydrogen-bond donors (Lipinski definition) is 1. The third kappa shape index (κ3) is 7.11. The van der Waals surface area contributed by atoms with E-state index in [0.29, 0.717) is 6.61 Å². The van der Waals surface area contributed by atoms with Crippen molar-refractivity contribution in [1.29, 1.82) is 0 Å². The summed E-state index contributed by atoms with van der Waals surface area (Å²) in [5.41, 5.74) is 5.58. The van der Waals surface area contributed by atoms with E-state index >= 15 is 0 Å². The lowest BCUT2D eigenvalue weighted by molar-refractivity contribution is -0.178. The van der Waals surface area contributed by atoms with Gasteiger partial charge >= 0.3 is 6.18 Å². The molecule has 6 heteroatoms. The summed E-state index contributed by atoms with van der Waals surface area (Å²) in [7, 11) is 0. The molecule has 2 nitrogen and oxygen atoms in total. The highest BCUT2D eigenvalue weighted by atomic mass is 35.5. The largest absolute Gasteiger partial charge is 0.391 e. The van der Waals surface area contributed by atoms with Crippen LogP contribution in [0.25, 0.3) is 0 Å². The van der Waals surface area contributed by atoms with Crippen molar-refractivity contribution >= 4 is 11.6 Å². The molecule has 0 aromatic heterocycles. The smallest absolute Gasteiger partial charge is 0.362 e. The Kier molecular flexibility index (Phi) is 8.16. The molecule has 0 spiro atoms. The summed E-state index contributed by atoms with van der Waals surface area (Å²) in [6, 6.07) is 0. The van der Waals surface area contributed by atoms with E-state index in [1.54, 1.807) is 0 Å². The van der Waals surface area contributed by atoms with Gasteiger partial charge in [-0.1, -0.05) is 20.3 Å². The molecule has 0 amide bonds. The molecule has 0 saturated carbocycles. The third-order valence-electron chi connectivity index (χ3n) is 2.63. The fourth-order valence-corrected chi connectivity index (χ4v) is 1.69. The van der Waals surface area contributed by atoms with E-state index in [9.17, 15) is 13.2 Å². The molecule has 0 aromatic carbocycles. The molecule has 0 aliphatic heterocycles. The highest BCUT2D eigenvalue weighted by Gasteiger charge is 2.40. The van der Waals surface area contributed by atoms with E-state index < -0.39 is 23.7 Å². The van der Waals surface area contributed by atoms with E-state index in [2.05, 4.69) is 0 Å². The van der Waals surface area contributed by atoms with Gasteiger partial charge in [0.2, 0.25) is 0 Å². The average Bonchev–Trinajstić information content (AvgIpc) is 2.23. The molecule has 3 atom stereocenters. The first-order valence-electron chi connectivity index (χ1n) is 5.90. The molecule has 2 N–H and O–H groups in total. The van der Waals surface area contributed by atoms with Crippen LogP contribution in [0.2, 0.25) is 0 Å². The van der Waals surface area contributed by atoms with Crippen LogP contribution < -0.4 is 5.73 Å². The second-order valence-corrected chi connectivity index (χ2v) is 4.65. The number of nitrogens with two attached hydrogens (primary N) is 1. The number of rotatable bonds is 8. The molecule has 0 aliphatic carbocycles. The molecule has 17 heavy (non-hydrogen) atoms. The minimum Gasteiger partial charge on any atom is -0.362 e. The molecule has 0 aromatic rings. The van der Waals surface area contributed by atoms with Crippen LogP contribution in [0.1, 0.15) is 39.5 Å². The van der Waals surface area contributed by atoms with Crippen LogP contribution in [0, 0.1) is 5.92 Å². The number of halogens is 4. The monoisotopic (exact) mass is 275 g/mol. The Morgan fingerprint density at radius 2 is 1.88 bits per heavy atom. The summed E-state index contributed by atoms with van der Waals surface area (Å²) in [6.45, 7) is 3.92. The van der Waals surface area contributed by atoms with E-state index in [-0.39, 0.29) is 12.8 Å². The van der Waals surface area contributed by atoms with Crippen LogP contribution in [0.3, 0.4) is 0 Å². The minimum atomic E-state index is -4.22. The van der Waals surface area contributed by atoms with E-state index in [4.69, 9.17) is 22.1 Å². The summed E-state index contributed by atoms with van der Waals surface area (Å²) >= 11 is 5.84. The van der Waals surface area contributed by atoms with Crippen molar-refractivity contribution < 1.29 is 17.9 Å². The van der Waals surface area contributed by atoms with Gasteiger partial charge in [0.05, 0.1) is 11.3 Å². The zero-order chi connectivity index (χ0) is 13.5. The van der Waals surface area contributed by atoms with Gasteiger partial charge in [-0.15, -0.1) is 11.6 Å². The van der Waals surface area contributed by atoms with Crippen LogP contribution >= 0.6 is 11.6 Å². The number of alkyl halides is 4. The number of ether oxygens (including phenoxy) is 1. The highest BCUT2D eigenvalue weighted by Crippen LogP contribution is 2.33. The molecule has 0 radical (unpaired) electrons. The second kappa shape index (κ2) is 8.16. The van der Waals surface area contributed by atoms with Gasteiger partial charge in [-0.25, -0.2) is 0 Å². The summed E-state index contributed by atoms with van der Waals surface area (Å²) in [5, 5.41) is -0.807. The summed E-state index contributed by atoms with van der Waals surface area (Å²) < 4.78 is 42.7. The van der Waals surface area contributed by atoms with Crippen molar-refractivity contribution in [2.24, 2.45) is 11.7 Å². The first-order valence-corrected chi connectivity index (χ1v) is 6.34. The van der Waals surface area contributed by atoms with Gasteiger partial charge in [-0.2, -0.15) is 13.2 Å². The fourth-order valence-electron chi connectivity index (χ4n) is 1.41. The molecule has 0 heterocycles. The van der Waals surface area contributed by atoms with Gasteiger partial charge < -0.3 is 10.5 Å². The van der Waals surface area contributed by atoms with Gasteiger partial charge in [0, 0.05) is 6.61 Å². The zero-order valence-corrected chi connectivity index (χ0v) is 11.0. The third-order valence-corrected chi connectivity index (χ3v) is 3.06. The van der Waals surface area contributed by atoms with Gasteiger partial charge in [0.15, 0.2) is 0 Å². The van der Waals surface area contributed by atoms with Gasteiger partial charge in [0.25, 0.3) is 0 Å². The lowest BCUT2D eigenvalue weighted by Gasteiger charge is -2.24. The summed E-state index contributed by atoms with van der Waals surface area (Å²) in [4.78, 5) is 0. The first kappa shape index (κ1) is 17.0. The van der Waals surface area contributed by atoms with Crippen LogP contribution in [0.5, 0.6) is 0 Å². The Bertz CT molecular complexity index is 202. The van der Waals surface area contributed by atoms with Crippen molar-refractivity contribution in [3.8, 4) is 0 Å². The maximum atomic E-state index is 12.5. The SMILES string of the molecule is CCCCOC(N)C(Cl)CC(CC)C(F)(F)F. The molecule has 0 aliphatic rings. The van der Waals surface area contributed by atoms with E-state index in [0.717, 1.165) is 12.8 Å². The molecule has 0 rings (SSSR count). The standard InChI is InChI=1S/C11H21ClF3NO/c1-3-5-6-17-10(16)9(12)7-8(4-2)11(13,14)15/h8-10H,3-7,16H2,1-2H3. The van der Waals surface area contributed by atoms with Gasteiger partial charge in [0.1, 0.15) is 6.23 Å². The fraction of sp³-hybridized carbons (Fsp3) is 1.00. The lowest BCUT2D eigenvalue weighted by atomic mass is 9.99. The summed E-state index contributed by atoms with van der Waals surface area (Å²) in [6.07, 6.45) is -3.47. The van der Waals surface area contributed by atoms with Crippen LogP contribution in [0.4, 0.5) is 13.2 Å². The Morgan fingerprint density at radius 1 is 1.29 bits per heavy atom. The Labute approximate surface area is 106 Å². The van der Waals surface area contributed by atoms with E-state index in [1.165, 1.54) is 6.92 Å². The van der Waals surface area contributed by atoms with Crippen LogP contribution in [-0.4, -0.2) is 24.4 Å². The molecule has 3 unspecified atom stereocenters. The van der Waals surface area contributed by atoms with Crippen molar-refractivity contribution in [2.75, 3.05) is 6.61 Å². The van der Waals surface area contributed by atoms with Crippen molar-refractivity contribution in [1.82, 2.24) is 0 Å². The van der Waals surface area contributed by atoms with Crippen molar-refractivity contribution in [2.45, 2.75) is 57.3 Å². The van der Waals surface area contributed by atoms with Crippen LogP contribution in [0.15, 0.2) is 0 Å². The minimum absolute atomic E-state index is 0.00833. The second-order valence-electron chi connectivity index (χ2n) is 4.09. The molecular weight excluding hydrogens is 255 g/mol. The maximum Gasteiger partial charge on any atom is 0.391 e. The molecule has 104 valence electrons. The van der Waals surface area contributed by atoms with E-state index in [1.807, 2.05) is 6.92 Å². The quantitative estimate of drug-likeness (QED) is 0.417. The zero-order valence-electron chi connectivity index (χ0n) is 10.3. The Morgan fingerprint density at radius 3 is 2.29 bits per heavy atom. The molecular formula is C11H21ClF3NO. The molecule has 0 fully saturated rings. The van der Waals surface area contributed by atoms with Crippen molar-refractivity contribution in [3.63, 3.8) is 0 Å². The highest BCUT2D eigenvalue weighted by molar-refractivity contribution is 6.21. The van der Waals surface area contributed by atoms with Crippen molar-refractivity contribution in [3.05, 3.63) is 0 Å². The average molecular weight is 276 g/mol. The van der Waals surface area contributed by atoms with Gasteiger partial charge in [-0.05, 0) is 19.3 Å². The first-order chi connectivity index (χ1) is 7.82. The maximum absolute atomic E-state index is 12.5. The van der Waals surface area contributed by atoms with Crippen LogP contribution in [-0.2, 0) is 4.74 Å². The Balaban J connectivity index is 4.08. The molecule has 0 saturated heterocycles. The predicted molar refractivity (Wildman–Crippen MR) is 62.9 cm³/mol. The Hall–Kier alpha value is -0.0000000000000000555. The number of hydrogen-bond acceptors (Lipinski definition) is 2. The molecule has 0 bridgehead atoms. The number of unbranched alkanes of at least 4 members (excludes halogenated alkanes) is 1. The lowest BCUT2D eigenvalue weighted by Crippen LogP contribution is -2.37. The van der Waals surface area contributed by atoms with Gasteiger partial charge in [-0.3, -0.25) is 0 Å². The predicted octanol–water partition coefficient (Wildman–Crippen LogP) is 3.67. The topological polar surface area (TPSA) is 35.2 Å².